The van der Waals surface area contributed by atoms with Crippen molar-refractivity contribution < 1.29 is 9.53 Å². The first kappa shape index (κ1) is 18.5. The highest BCUT2D eigenvalue weighted by Crippen LogP contribution is 2.28. The Hall–Kier alpha value is -2.89. The minimum absolute atomic E-state index is 0.147. The van der Waals surface area contributed by atoms with Crippen LogP contribution in [0.1, 0.15) is 6.42 Å². The van der Waals surface area contributed by atoms with Gasteiger partial charge in [-0.05, 0) is 29.0 Å². The molecule has 4 nitrogen and oxygen atoms in total. The third-order valence-corrected chi connectivity index (χ3v) is 5.29. The van der Waals surface area contributed by atoms with E-state index in [2.05, 4.69) is 34.6 Å². The van der Waals surface area contributed by atoms with E-state index in [1.54, 1.807) is 12.1 Å². The minimum atomic E-state index is -0.147. The highest BCUT2D eigenvalue weighted by atomic mass is 35.5. The van der Waals surface area contributed by atoms with Crippen LogP contribution < -0.4 is 10.1 Å². The molecule has 1 aromatic heterocycles. The van der Waals surface area contributed by atoms with Gasteiger partial charge in [-0.25, -0.2) is 4.98 Å². The number of anilines is 1. The van der Waals surface area contributed by atoms with Gasteiger partial charge in [0.25, 0.3) is 0 Å². The van der Waals surface area contributed by atoms with Crippen molar-refractivity contribution in [3.05, 3.63) is 77.1 Å². The number of benzene rings is 3. The van der Waals surface area contributed by atoms with Crippen molar-refractivity contribution in [3.8, 4) is 17.0 Å². The monoisotopic (exact) mass is 408 g/mol. The highest BCUT2D eigenvalue weighted by molar-refractivity contribution is 7.14. The molecule has 0 aliphatic rings. The van der Waals surface area contributed by atoms with Gasteiger partial charge in [-0.1, -0.05) is 60.1 Å². The van der Waals surface area contributed by atoms with Crippen molar-refractivity contribution in [1.29, 1.82) is 0 Å². The number of rotatable bonds is 6. The molecule has 0 saturated carbocycles. The van der Waals surface area contributed by atoms with E-state index in [0.29, 0.717) is 15.9 Å². The topological polar surface area (TPSA) is 51.2 Å². The van der Waals surface area contributed by atoms with Crippen LogP contribution in [0.4, 0.5) is 5.13 Å². The number of ether oxygens (including phenoxy) is 1. The summed E-state index contributed by atoms with van der Waals surface area (Å²) >= 11 is 7.44. The largest absolute Gasteiger partial charge is 0.491 e. The molecule has 0 unspecified atom stereocenters. The average molecular weight is 409 g/mol. The number of hydrogen-bond donors (Lipinski definition) is 1. The van der Waals surface area contributed by atoms with Crippen LogP contribution in [0.5, 0.6) is 5.75 Å². The van der Waals surface area contributed by atoms with Gasteiger partial charge in [0, 0.05) is 10.9 Å². The van der Waals surface area contributed by atoms with E-state index in [1.165, 1.54) is 16.7 Å². The second-order valence-electron chi connectivity index (χ2n) is 6.18. The molecule has 0 spiro atoms. The van der Waals surface area contributed by atoms with Gasteiger partial charge in [-0.2, -0.15) is 0 Å². The van der Waals surface area contributed by atoms with Crippen LogP contribution in [0.3, 0.4) is 0 Å². The molecule has 6 heteroatoms. The lowest BCUT2D eigenvalue weighted by atomic mass is 10.1. The standard InChI is InChI=1S/C22H17ClN2O2S/c23-18-7-3-4-8-20(18)27-12-11-21(26)25-22-24-19(14-28-22)17-10-9-15-5-1-2-6-16(15)13-17/h1-10,13-14H,11-12H2,(H,24,25,26). The maximum Gasteiger partial charge on any atom is 0.229 e. The van der Waals surface area contributed by atoms with Gasteiger partial charge in [0.2, 0.25) is 5.91 Å². The molecule has 0 radical (unpaired) electrons. The molecule has 1 N–H and O–H groups in total. The summed E-state index contributed by atoms with van der Waals surface area (Å²) in [7, 11) is 0. The Labute approximate surface area is 171 Å². The number of carbonyl (C=O) groups is 1. The molecule has 4 aromatic rings. The maximum atomic E-state index is 12.2. The molecule has 0 bridgehead atoms. The molecule has 0 aliphatic carbocycles. The molecule has 140 valence electrons. The second-order valence-corrected chi connectivity index (χ2v) is 7.44. The quantitative estimate of drug-likeness (QED) is 0.424. The number of carbonyl (C=O) groups excluding carboxylic acids is 1. The van der Waals surface area contributed by atoms with Crippen molar-refractivity contribution in [1.82, 2.24) is 4.98 Å². The number of aromatic nitrogens is 1. The summed E-state index contributed by atoms with van der Waals surface area (Å²) in [6.07, 6.45) is 0.218. The maximum absolute atomic E-state index is 12.2. The molecule has 0 saturated heterocycles. The zero-order valence-electron chi connectivity index (χ0n) is 14.9. The fourth-order valence-corrected chi connectivity index (χ4v) is 3.74. The van der Waals surface area contributed by atoms with Gasteiger partial charge >= 0.3 is 0 Å². The predicted octanol–water partition coefficient (Wildman–Crippen LogP) is 6.02. The van der Waals surface area contributed by atoms with Gasteiger partial charge < -0.3 is 10.1 Å². The van der Waals surface area contributed by atoms with Crippen LogP contribution in [0.2, 0.25) is 5.02 Å². The summed E-state index contributed by atoms with van der Waals surface area (Å²) in [5.74, 6) is 0.427. The smallest absolute Gasteiger partial charge is 0.229 e. The van der Waals surface area contributed by atoms with Crippen molar-refractivity contribution in [3.63, 3.8) is 0 Å². The van der Waals surface area contributed by atoms with Crippen molar-refractivity contribution >= 4 is 44.7 Å². The van der Waals surface area contributed by atoms with Gasteiger partial charge in [0.05, 0.1) is 23.7 Å². The molecular formula is C22H17ClN2O2S. The summed E-state index contributed by atoms with van der Waals surface area (Å²) in [5.41, 5.74) is 1.87. The number of para-hydroxylation sites is 1. The van der Waals surface area contributed by atoms with Crippen LogP contribution in [-0.2, 0) is 4.79 Å². The van der Waals surface area contributed by atoms with E-state index < -0.39 is 0 Å². The summed E-state index contributed by atoms with van der Waals surface area (Å²) in [5, 5.41) is 8.23. The predicted molar refractivity (Wildman–Crippen MR) is 115 cm³/mol. The lowest BCUT2D eigenvalue weighted by Gasteiger charge is -2.07. The Balaban J connectivity index is 1.36. The summed E-state index contributed by atoms with van der Waals surface area (Å²) in [6, 6.07) is 21.6. The van der Waals surface area contributed by atoms with E-state index in [9.17, 15) is 4.79 Å². The van der Waals surface area contributed by atoms with Crippen molar-refractivity contribution in [2.45, 2.75) is 6.42 Å². The molecule has 0 aliphatic heterocycles. The summed E-state index contributed by atoms with van der Waals surface area (Å²) in [4.78, 5) is 16.7. The molecule has 3 aromatic carbocycles. The number of amides is 1. The van der Waals surface area contributed by atoms with E-state index in [-0.39, 0.29) is 18.9 Å². The van der Waals surface area contributed by atoms with Crippen LogP contribution in [0.15, 0.2) is 72.1 Å². The normalized spacial score (nSPS) is 10.8. The molecule has 0 fully saturated rings. The van der Waals surface area contributed by atoms with Crippen LogP contribution in [0, 0.1) is 0 Å². The first-order valence-electron chi connectivity index (χ1n) is 8.81. The van der Waals surface area contributed by atoms with E-state index in [4.69, 9.17) is 16.3 Å². The Morgan fingerprint density at radius 2 is 1.82 bits per heavy atom. The van der Waals surface area contributed by atoms with Gasteiger partial charge in [0.1, 0.15) is 5.75 Å². The molecule has 0 atom stereocenters. The van der Waals surface area contributed by atoms with Gasteiger partial charge in [0.15, 0.2) is 5.13 Å². The number of hydrogen-bond acceptors (Lipinski definition) is 4. The SMILES string of the molecule is O=C(CCOc1ccccc1Cl)Nc1nc(-c2ccc3ccccc3c2)cs1. The third-order valence-electron chi connectivity index (χ3n) is 4.22. The Kier molecular flexibility index (Phi) is 5.55. The van der Waals surface area contributed by atoms with E-state index >= 15 is 0 Å². The number of nitrogens with one attached hydrogen (secondary N) is 1. The van der Waals surface area contributed by atoms with Gasteiger partial charge in [-0.15, -0.1) is 11.3 Å². The zero-order chi connectivity index (χ0) is 19.3. The third kappa shape index (κ3) is 4.32. The minimum Gasteiger partial charge on any atom is -0.491 e. The molecule has 4 rings (SSSR count). The highest BCUT2D eigenvalue weighted by Gasteiger charge is 2.09. The second kappa shape index (κ2) is 8.42. The van der Waals surface area contributed by atoms with E-state index in [1.807, 2.05) is 35.7 Å². The van der Waals surface area contributed by atoms with Crippen LogP contribution >= 0.6 is 22.9 Å². The van der Waals surface area contributed by atoms with Crippen molar-refractivity contribution in [2.75, 3.05) is 11.9 Å². The van der Waals surface area contributed by atoms with Crippen molar-refractivity contribution in [2.24, 2.45) is 0 Å². The molecule has 28 heavy (non-hydrogen) atoms. The number of halogens is 1. The van der Waals surface area contributed by atoms with E-state index in [0.717, 1.165) is 16.6 Å². The first-order valence-corrected chi connectivity index (χ1v) is 10.1. The molecular weight excluding hydrogens is 392 g/mol. The number of fused-ring (bicyclic) bond motifs is 1. The first-order chi connectivity index (χ1) is 13.7. The number of thiazole rings is 1. The summed E-state index contributed by atoms with van der Waals surface area (Å²) in [6.45, 7) is 0.248. The van der Waals surface area contributed by atoms with Crippen LogP contribution in [-0.4, -0.2) is 17.5 Å². The number of nitrogens with zero attached hydrogens (tertiary/aromatic N) is 1. The summed E-state index contributed by atoms with van der Waals surface area (Å²) < 4.78 is 5.55. The van der Waals surface area contributed by atoms with Gasteiger partial charge in [-0.3, -0.25) is 4.79 Å². The molecule has 1 heterocycles. The average Bonchev–Trinajstić information content (AvgIpc) is 3.17. The Morgan fingerprint density at radius 3 is 2.68 bits per heavy atom. The Morgan fingerprint density at radius 1 is 1.04 bits per heavy atom. The van der Waals surface area contributed by atoms with Crippen LogP contribution in [0.25, 0.3) is 22.0 Å². The molecule has 1 amide bonds. The fourth-order valence-electron chi connectivity index (χ4n) is 2.81. The fraction of sp³-hybridized carbons (Fsp3) is 0.0909. The lowest BCUT2D eigenvalue weighted by molar-refractivity contribution is -0.116. The zero-order valence-corrected chi connectivity index (χ0v) is 16.5. The lowest BCUT2D eigenvalue weighted by Crippen LogP contribution is -2.15. The Bertz CT molecular complexity index is 1130.